The molecular weight excluding hydrogens is 341 g/mol. The van der Waals surface area contributed by atoms with Crippen LogP contribution in [0.2, 0.25) is 0 Å². The summed E-state index contributed by atoms with van der Waals surface area (Å²) in [6.07, 6.45) is 1.72. The number of carboxylic acid groups (broad SMARTS) is 1. The van der Waals surface area contributed by atoms with E-state index >= 15 is 0 Å². The van der Waals surface area contributed by atoms with Gasteiger partial charge in [-0.05, 0) is 106 Å². The van der Waals surface area contributed by atoms with Crippen LogP contribution < -0.4 is 5.32 Å². The number of carbonyl (C=O) groups is 1. The van der Waals surface area contributed by atoms with Crippen molar-refractivity contribution in [3.63, 3.8) is 0 Å². The van der Waals surface area contributed by atoms with Crippen LogP contribution in [0.1, 0.15) is 48.6 Å². The first-order chi connectivity index (χ1) is 12.5. The fourth-order valence-corrected chi connectivity index (χ4v) is 3.37. The number of anilines is 1. The van der Waals surface area contributed by atoms with Gasteiger partial charge in [0.05, 0.1) is 5.69 Å². The second-order valence-electron chi connectivity index (χ2n) is 7.41. The smallest absolute Gasteiger partial charge is 0.331 e. The molecule has 2 N–H and O–H groups in total. The Kier molecular flexibility index (Phi) is 6.09. The minimum Gasteiger partial charge on any atom is -0.478 e. The molecule has 0 heterocycles. The second-order valence-corrected chi connectivity index (χ2v) is 7.41. The lowest BCUT2D eigenvalue weighted by atomic mass is 9.85. The summed E-state index contributed by atoms with van der Waals surface area (Å²) in [5.41, 5.74) is 7.64. The molecule has 0 amide bonds. The number of hydrogen-bond donors (Lipinski definition) is 2. The normalized spacial score (nSPS) is 11.8. The Hall–Kier alpha value is -2.62. The molecule has 2 rings (SSSR count). The van der Waals surface area contributed by atoms with Crippen LogP contribution >= 0.6 is 0 Å². The van der Waals surface area contributed by atoms with Crippen LogP contribution in [0.25, 0.3) is 17.2 Å². The molecular formula is C23H28FNO2. The van der Waals surface area contributed by atoms with E-state index in [0.29, 0.717) is 11.3 Å². The average Bonchev–Trinajstić information content (AvgIpc) is 2.58. The molecule has 0 radical (unpaired) electrons. The number of halogens is 1. The predicted molar refractivity (Wildman–Crippen MR) is 111 cm³/mol. The van der Waals surface area contributed by atoms with Crippen molar-refractivity contribution in [3.05, 3.63) is 57.4 Å². The van der Waals surface area contributed by atoms with Gasteiger partial charge >= 0.3 is 5.97 Å². The molecule has 144 valence electrons. The molecule has 2 aromatic carbocycles. The summed E-state index contributed by atoms with van der Waals surface area (Å²) < 4.78 is 14.6. The highest BCUT2D eigenvalue weighted by Gasteiger charge is 2.17. The summed E-state index contributed by atoms with van der Waals surface area (Å²) in [4.78, 5) is 11.2. The van der Waals surface area contributed by atoms with E-state index in [-0.39, 0.29) is 11.9 Å². The molecule has 0 aliphatic carbocycles. The van der Waals surface area contributed by atoms with Crippen molar-refractivity contribution in [2.45, 2.75) is 54.5 Å². The number of hydrogen-bond acceptors (Lipinski definition) is 2. The van der Waals surface area contributed by atoms with Crippen molar-refractivity contribution in [3.8, 4) is 11.1 Å². The van der Waals surface area contributed by atoms with Gasteiger partial charge in [-0.25, -0.2) is 9.18 Å². The highest BCUT2D eigenvalue weighted by molar-refractivity contribution is 5.92. The molecule has 0 bridgehead atoms. The Balaban J connectivity index is 2.65. The van der Waals surface area contributed by atoms with E-state index in [0.717, 1.165) is 38.9 Å². The van der Waals surface area contributed by atoms with E-state index in [9.17, 15) is 14.3 Å². The number of rotatable bonds is 5. The maximum Gasteiger partial charge on any atom is 0.331 e. The molecule has 0 saturated heterocycles. The van der Waals surface area contributed by atoms with E-state index in [1.54, 1.807) is 25.1 Å². The van der Waals surface area contributed by atoms with Gasteiger partial charge in [0.15, 0.2) is 0 Å². The van der Waals surface area contributed by atoms with E-state index < -0.39 is 5.97 Å². The quantitative estimate of drug-likeness (QED) is 0.632. The molecule has 27 heavy (non-hydrogen) atoms. The summed E-state index contributed by atoms with van der Waals surface area (Å²) in [6.45, 7) is 13.5. The third-order valence-electron chi connectivity index (χ3n) is 5.08. The summed E-state index contributed by atoms with van der Waals surface area (Å²) in [5.74, 6) is -1.20. The molecule has 0 aliphatic rings. The fraction of sp³-hybridized carbons (Fsp3) is 0.348. The average molecular weight is 369 g/mol. The van der Waals surface area contributed by atoms with Crippen molar-refractivity contribution < 1.29 is 14.3 Å². The zero-order valence-corrected chi connectivity index (χ0v) is 17.1. The van der Waals surface area contributed by atoms with Gasteiger partial charge in [-0.15, -0.1) is 0 Å². The van der Waals surface area contributed by atoms with Gasteiger partial charge < -0.3 is 10.4 Å². The number of benzene rings is 2. The van der Waals surface area contributed by atoms with E-state index in [1.165, 1.54) is 0 Å². The topological polar surface area (TPSA) is 49.3 Å². The molecule has 0 aromatic heterocycles. The van der Waals surface area contributed by atoms with Gasteiger partial charge in [-0.2, -0.15) is 0 Å². The second kappa shape index (κ2) is 7.95. The van der Waals surface area contributed by atoms with E-state index in [1.807, 2.05) is 47.6 Å². The number of aliphatic carboxylic acids is 1. The molecule has 0 unspecified atom stereocenters. The number of carboxylic acids is 1. The van der Waals surface area contributed by atoms with Crippen molar-refractivity contribution in [1.82, 2.24) is 0 Å². The highest BCUT2D eigenvalue weighted by atomic mass is 19.1. The fourth-order valence-electron chi connectivity index (χ4n) is 3.37. The predicted octanol–water partition coefficient (Wildman–Crippen LogP) is 6.03. The Morgan fingerprint density at radius 3 is 2.07 bits per heavy atom. The zero-order valence-electron chi connectivity index (χ0n) is 17.1. The molecule has 0 fully saturated rings. The van der Waals surface area contributed by atoms with Crippen molar-refractivity contribution in [1.29, 1.82) is 0 Å². The largest absolute Gasteiger partial charge is 0.478 e. The van der Waals surface area contributed by atoms with Crippen LogP contribution in [-0.2, 0) is 4.79 Å². The first kappa shape index (κ1) is 20.7. The van der Waals surface area contributed by atoms with Crippen LogP contribution in [0, 0.1) is 33.5 Å². The van der Waals surface area contributed by atoms with Crippen LogP contribution in [0.15, 0.2) is 23.8 Å². The zero-order chi connectivity index (χ0) is 20.5. The lowest BCUT2D eigenvalue weighted by Crippen LogP contribution is -2.11. The summed E-state index contributed by atoms with van der Waals surface area (Å²) in [7, 11) is 0. The van der Waals surface area contributed by atoms with Gasteiger partial charge in [0.2, 0.25) is 0 Å². The van der Waals surface area contributed by atoms with Crippen molar-refractivity contribution in [2.24, 2.45) is 0 Å². The summed E-state index contributed by atoms with van der Waals surface area (Å²) >= 11 is 0. The molecule has 4 heteroatoms. The third-order valence-corrected chi connectivity index (χ3v) is 5.08. The van der Waals surface area contributed by atoms with Gasteiger partial charge in [-0.1, -0.05) is 6.07 Å². The Labute approximate surface area is 160 Å². The SMILES string of the molecule is CC(=Cc1c(C)c(C)c(-c2ccc(NC(C)C)c(F)c2)c(C)c1C)C(=O)O. The van der Waals surface area contributed by atoms with Gasteiger partial charge in [0.1, 0.15) is 5.82 Å². The first-order valence-electron chi connectivity index (χ1n) is 9.13. The van der Waals surface area contributed by atoms with E-state index in [4.69, 9.17) is 0 Å². The standard InChI is InChI=1S/C23H28FNO2/c1-12(2)25-21-9-8-18(11-20(21)24)22-16(6)14(4)19(15(5)17(22)7)10-13(3)23(26)27/h8-12,25H,1-7H3,(H,26,27). The third kappa shape index (κ3) is 4.21. The van der Waals surface area contributed by atoms with Crippen molar-refractivity contribution in [2.75, 3.05) is 5.32 Å². The van der Waals surface area contributed by atoms with Gasteiger partial charge in [0, 0.05) is 11.6 Å². The Bertz CT molecular complexity index is 897. The minimum absolute atomic E-state index is 0.154. The lowest BCUT2D eigenvalue weighted by molar-refractivity contribution is -0.132. The van der Waals surface area contributed by atoms with Crippen LogP contribution in [0.4, 0.5) is 10.1 Å². The minimum atomic E-state index is -0.927. The molecule has 0 saturated carbocycles. The summed E-state index contributed by atoms with van der Waals surface area (Å²) in [5, 5.41) is 12.3. The monoisotopic (exact) mass is 369 g/mol. The summed E-state index contributed by atoms with van der Waals surface area (Å²) in [6, 6.07) is 5.43. The van der Waals surface area contributed by atoms with Gasteiger partial charge in [0.25, 0.3) is 0 Å². The number of nitrogens with one attached hydrogen (secondary N) is 1. The maximum atomic E-state index is 14.6. The Morgan fingerprint density at radius 1 is 1.07 bits per heavy atom. The highest BCUT2D eigenvalue weighted by Crippen LogP contribution is 2.36. The van der Waals surface area contributed by atoms with Gasteiger partial charge in [-0.3, -0.25) is 0 Å². The molecule has 3 nitrogen and oxygen atoms in total. The molecule has 0 atom stereocenters. The van der Waals surface area contributed by atoms with Crippen LogP contribution in [0.3, 0.4) is 0 Å². The lowest BCUT2D eigenvalue weighted by Gasteiger charge is -2.20. The maximum absolute atomic E-state index is 14.6. The molecule has 0 spiro atoms. The molecule has 0 aliphatic heterocycles. The van der Waals surface area contributed by atoms with Crippen molar-refractivity contribution >= 4 is 17.7 Å². The Morgan fingerprint density at radius 2 is 1.63 bits per heavy atom. The van der Waals surface area contributed by atoms with Crippen LogP contribution in [-0.4, -0.2) is 17.1 Å². The molecule has 2 aromatic rings. The van der Waals surface area contributed by atoms with Crippen LogP contribution in [0.5, 0.6) is 0 Å². The van der Waals surface area contributed by atoms with E-state index in [2.05, 4.69) is 5.32 Å². The first-order valence-corrected chi connectivity index (χ1v) is 9.13.